The van der Waals surface area contributed by atoms with E-state index >= 15 is 0 Å². The van der Waals surface area contributed by atoms with E-state index < -0.39 is 0 Å². The third kappa shape index (κ3) is 2.87. The van der Waals surface area contributed by atoms with Gasteiger partial charge < -0.3 is 0 Å². The Morgan fingerprint density at radius 3 is 2.81 bits per heavy atom. The molecule has 0 N–H and O–H groups in total. The number of carbonyl (C=O) groups is 1. The Balaban J connectivity index is 3.30. The Morgan fingerprint density at radius 2 is 2.31 bits per heavy atom. The molecule has 0 spiro atoms. The minimum Gasteiger partial charge on any atom is -0.298 e. The molecule has 84 valence electrons. The van der Waals surface area contributed by atoms with Crippen LogP contribution in [-0.2, 0) is 11.2 Å². The molecule has 0 aliphatic carbocycles. The summed E-state index contributed by atoms with van der Waals surface area (Å²) in [6.45, 7) is 1.55. The lowest BCUT2D eigenvalue weighted by Gasteiger charge is -2.15. The van der Waals surface area contributed by atoms with Gasteiger partial charge in [-0.2, -0.15) is 5.26 Å². The summed E-state index contributed by atoms with van der Waals surface area (Å²) in [6, 6.07) is 7.92. The topological polar surface area (TPSA) is 40.9 Å². The molecule has 0 bridgehead atoms. The van der Waals surface area contributed by atoms with Gasteiger partial charge in [-0.05, 0) is 30.4 Å². The van der Waals surface area contributed by atoms with E-state index in [1.54, 1.807) is 18.7 Å². The molecule has 2 nitrogen and oxygen atoms in total. The molecule has 16 heavy (non-hydrogen) atoms. The van der Waals surface area contributed by atoms with Gasteiger partial charge in [-0.25, -0.2) is 0 Å². The number of carbonyl (C=O) groups excluding carboxylic acids is 1. The first-order valence-electron chi connectivity index (χ1n) is 4.79. The number of thioether (sulfide) groups is 1. The Kier molecular flexibility index (Phi) is 5.04. The summed E-state index contributed by atoms with van der Waals surface area (Å²) >= 11 is 4.98. The van der Waals surface area contributed by atoms with Crippen molar-refractivity contribution in [3.63, 3.8) is 0 Å². The van der Waals surface area contributed by atoms with Crippen molar-refractivity contribution in [2.75, 3.05) is 6.26 Å². The van der Waals surface area contributed by atoms with Crippen molar-refractivity contribution in [1.82, 2.24) is 0 Å². The van der Waals surface area contributed by atoms with E-state index in [0.29, 0.717) is 6.42 Å². The lowest BCUT2D eigenvalue weighted by atomic mass is 10.0. The van der Waals surface area contributed by atoms with E-state index in [9.17, 15) is 4.79 Å². The molecular formula is C12H12BrNOS. The molecule has 4 heteroatoms. The quantitative estimate of drug-likeness (QED) is 0.631. The van der Waals surface area contributed by atoms with E-state index in [2.05, 4.69) is 22.0 Å². The molecule has 0 saturated heterocycles. The van der Waals surface area contributed by atoms with Crippen molar-refractivity contribution >= 4 is 33.5 Å². The number of rotatable bonds is 4. The average Bonchev–Trinajstić information content (AvgIpc) is 2.28. The van der Waals surface area contributed by atoms with Crippen molar-refractivity contribution in [2.24, 2.45) is 0 Å². The van der Waals surface area contributed by atoms with Crippen molar-refractivity contribution < 1.29 is 4.79 Å². The first-order valence-corrected chi connectivity index (χ1v) is 6.93. The SMILES string of the molecule is CSc1cccc(CC#N)c1C(Br)C(C)=O. The van der Waals surface area contributed by atoms with Crippen molar-refractivity contribution in [3.05, 3.63) is 29.3 Å². The second-order valence-corrected chi connectivity index (χ2v) is 5.10. The van der Waals surface area contributed by atoms with Gasteiger partial charge >= 0.3 is 0 Å². The van der Waals surface area contributed by atoms with Gasteiger partial charge in [0.2, 0.25) is 0 Å². The summed E-state index contributed by atoms with van der Waals surface area (Å²) in [5.74, 6) is 0.0562. The molecule has 0 aromatic heterocycles. The minimum absolute atomic E-state index is 0.0562. The highest BCUT2D eigenvalue weighted by molar-refractivity contribution is 9.09. The van der Waals surface area contributed by atoms with Crippen LogP contribution in [-0.4, -0.2) is 12.0 Å². The van der Waals surface area contributed by atoms with E-state index in [4.69, 9.17) is 5.26 Å². The number of nitriles is 1. The van der Waals surface area contributed by atoms with Gasteiger partial charge in [0.1, 0.15) is 5.78 Å². The molecule has 1 aromatic carbocycles. The average molecular weight is 298 g/mol. The second kappa shape index (κ2) is 6.07. The number of halogens is 1. The molecule has 1 unspecified atom stereocenters. The fraction of sp³-hybridized carbons (Fsp3) is 0.333. The molecular weight excluding hydrogens is 286 g/mol. The van der Waals surface area contributed by atoms with Gasteiger partial charge in [0.15, 0.2) is 0 Å². The summed E-state index contributed by atoms with van der Waals surface area (Å²) in [5, 5.41) is 8.77. The van der Waals surface area contributed by atoms with Crippen LogP contribution in [0, 0.1) is 11.3 Å². The fourth-order valence-corrected chi connectivity index (χ4v) is 2.87. The zero-order chi connectivity index (χ0) is 12.1. The minimum atomic E-state index is -0.320. The zero-order valence-electron chi connectivity index (χ0n) is 9.16. The Labute approximate surface area is 108 Å². The number of alkyl halides is 1. The highest BCUT2D eigenvalue weighted by Crippen LogP contribution is 2.34. The van der Waals surface area contributed by atoms with Crippen LogP contribution in [0.1, 0.15) is 22.9 Å². The van der Waals surface area contributed by atoms with Crippen molar-refractivity contribution in [1.29, 1.82) is 5.26 Å². The van der Waals surface area contributed by atoms with Crippen LogP contribution in [0.25, 0.3) is 0 Å². The maximum Gasteiger partial charge on any atom is 0.147 e. The van der Waals surface area contributed by atoms with E-state index in [1.165, 1.54) is 0 Å². The first kappa shape index (κ1) is 13.3. The second-order valence-electron chi connectivity index (χ2n) is 3.34. The predicted molar refractivity (Wildman–Crippen MR) is 69.9 cm³/mol. The fourth-order valence-electron chi connectivity index (χ4n) is 1.50. The molecule has 1 atom stereocenters. The third-order valence-corrected chi connectivity index (χ3v) is 4.15. The Bertz CT molecular complexity index is 439. The molecule has 0 amide bonds. The van der Waals surface area contributed by atoms with E-state index in [0.717, 1.165) is 16.0 Å². The highest BCUT2D eigenvalue weighted by Gasteiger charge is 2.19. The highest BCUT2D eigenvalue weighted by atomic mass is 79.9. The molecule has 1 aromatic rings. The number of Topliss-reactive ketones (excluding diaryl/α,β-unsaturated/α-hetero) is 1. The Morgan fingerprint density at radius 1 is 1.62 bits per heavy atom. The maximum absolute atomic E-state index is 11.4. The van der Waals surface area contributed by atoms with Gasteiger partial charge in [-0.1, -0.05) is 28.1 Å². The predicted octanol–water partition coefficient (Wildman–Crippen LogP) is 3.50. The maximum atomic E-state index is 11.4. The number of benzene rings is 1. The summed E-state index contributed by atoms with van der Waals surface area (Å²) in [5.41, 5.74) is 1.86. The molecule has 0 saturated carbocycles. The number of hydrogen-bond donors (Lipinski definition) is 0. The van der Waals surface area contributed by atoms with Crippen molar-refractivity contribution in [2.45, 2.75) is 23.1 Å². The van der Waals surface area contributed by atoms with Crippen LogP contribution < -0.4 is 0 Å². The van der Waals surface area contributed by atoms with Crippen LogP contribution in [0.4, 0.5) is 0 Å². The summed E-state index contributed by atoms with van der Waals surface area (Å²) in [7, 11) is 0. The summed E-state index contributed by atoms with van der Waals surface area (Å²) in [6.07, 6.45) is 2.30. The number of nitrogens with zero attached hydrogens (tertiary/aromatic N) is 1. The van der Waals surface area contributed by atoms with Crippen LogP contribution in [0.15, 0.2) is 23.1 Å². The van der Waals surface area contributed by atoms with E-state index in [-0.39, 0.29) is 10.6 Å². The zero-order valence-corrected chi connectivity index (χ0v) is 11.6. The summed E-state index contributed by atoms with van der Waals surface area (Å²) < 4.78 is 0. The molecule has 0 heterocycles. The van der Waals surface area contributed by atoms with Crippen LogP contribution >= 0.6 is 27.7 Å². The Hall–Kier alpha value is -0.790. The monoisotopic (exact) mass is 297 g/mol. The van der Waals surface area contributed by atoms with Gasteiger partial charge in [0.05, 0.1) is 17.3 Å². The number of hydrogen-bond acceptors (Lipinski definition) is 3. The normalized spacial score (nSPS) is 11.9. The standard InChI is InChI=1S/C12H12BrNOS/c1-8(15)12(13)11-9(6-7-14)4-3-5-10(11)16-2/h3-5,12H,6H2,1-2H3. The lowest BCUT2D eigenvalue weighted by molar-refractivity contribution is -0.116. The number of ketones is 1. The molecule has 0 aliphatic rings. The molecule has 0 radical (unpaired) electrons. The first-order chi connectivity index (χ1) is 7.61. The molecule has 0 fully saturated rings. The largest absolute Gasteiger partial charge is 0.298 e. The van der Waals surface area contributed by atoms with E-state index in [1.807, 2.05) is 24.5 Å². The van der Waals surface area contributed by atoms with Gasteiger partial charge in [0, 0.05) is 4.90 Å². The van der Waals surface area contributed by atoms with Crippen LogP contribution in [0.2, 0.25) is 0 Å². The van der Waals surface area contributed by atoms with Gasteiger partial charge in [-0.15, -0.1) is 11.8 Å². The van der Waals surface area contributed by atoms with Gasteiger partial charge in [-0.3, -0.25) is 4.79 Å². The lowest BCUT2D eigenvalue weighted by Crippen LogP contribution is -2.06. The molecule has 1 rings (SSSR count). The summed E-state index contributed by atoms with van der Waals surface area (Å²) in [4.78, 5) is 12.2. The van der Waals surface area contributed by atoms with Crippen LogP contribution in [0.5, 0.6) is 0 Å². The van der Waals surface area contributed by atoms with Crippen LogP contribution in [0.3, 0.4) is 0 Å². The molecule has 0 aliphatic heterocycles. The van der Waals surface area contributed by atoms with Gasteiger partial charge in [0.25, 0.3) is 0 Å². The van der Waals surface area contributed by atoms with Crippen molar-refractivity contribution in [3.8, 4) is 6.07 Å². The third-order valence-electron chi connectivity index (χ3n) is 2.26. The smallest absolute Gasteiger partial charge is 0.147 e.